The molecule has 116 valence electrons. The van der Waals surface area contributed by atoms with Gasteiger partial charge in [-0.05, 0) is 12.5 Å². The van der Waals surface area contributed by atoms with Gasteiger partial charge >= 0.3 is 0 Å². The van der Waals surface area contributed by atoms with Crippen LogP contribution in [0.3, 0.4) is 0 Å². The van der Waals surface area contributed by atoms with Crippen molar-refractivity contribution < 1.29 is 16.8 Å². The third kappa shape index (κ3) is 6.65. The maximum Gasteiger partial charge on any atom is 0.242 e. The first-order valence-corrected chi connectivity index (χ1v) is 9.08. The average Bonchev–Trinajstić information content (AvgIpc) is 2.41. The van der Waals surface area contributed by atoms with E-state index in [1.807, 2.05) is 0 Å². The minimum atomic E-state index is -3.77. The molecule has 10 heteroatoms. The molecule has 1 heterocycles. The monoisotopic (exact) mass is 332 g/mol. The van der Waals surface area contributed by atoms with E-state index in [9.17, 15) is 16.8 Å². The predicted molar refractivity (Wildman–Crippen MR) is 77.9 cm³/mol. The molecule has 5 N–H and O–H groups in total. The number of hydrogen-bond donors (Lipinski definition) is 3. The molecule has 0 radical (unpaired) electrons. The maximum absolute atomic E-state index is 12.0. The van der Waals surface area contributed by atoms with E-state index in [0.717, 1.165) is 0 Å². The molecule has 0 saturated heterocycles. The molecule has 0 aliphatic carbocycles. The molecule has 1 aromatic heterocycles. The summed E-state index contributed by atoms with van der Waals surface area (Å²) in [5.74, 6) is 4.98. The molecule has 21 heavy (non-hydrogen) atoms. The molecule has 1 aromatic rings. The van der Waals surface area contributed by atoms with E-state index in [2.05, 4.69) is 21.5 Å². The third-order valence-electron chi connectivity index (χ3n) is 2.26. The van der Waals surface area contributed by atoms with E-state index >= 15 is 0 Å². The van der Waals surface area contributed by atoms with Gasteiger partial charge in [0.05, 0.1) is 12.3 Å². The van der Waals surface area contributed by atoms with Crippen molar-refractivity contribution in [3.05, 3.63) is 24.0 Å². The first-order chi connectivity index (χ1) is 9.74. The van der Waals surface area contributed by atoms with Crippen LogP contribution in [-0.2, 0) is 20.0 Å². The summed E-state index contributed by atoms with van der Waals surface area (Å²) in [7, 11) is -7.37. The highest BCUT2D eigenvalue weighted by molar-refractivity contribution is 7.89. The third-order valence-corrected chi connectivity index (χ3v) is 4.54. The summed E-state index contributed by atoms with van der Waals surface area (Å²) in [5.41, 5.74) is 5.66. The van der Waals surface area contributed by atoms with E-state index in [4.69, 9.17) is 10.9 Å². The molecule has 0 fully saturated rings. The zero-order valence-corrected chi connectivity index (χ0v) is 12.7. The van der Waals surface area contributed by atoms with Gasteiger partial charge in [0.25, 0.3) is 0 Å². The average molecular weight is 332 g/mol. The van der Waals surface area contributed by atoms with Crippen LogP contribution in [0.1, 0.15) is 12.0 Å². The van der Waals surface area contributed by atoms with Gasteiger partial charge in [0.15, 0.2) is 0 Å². The van der Waals surface area contributed by atoms with Crippen LogP contribution in [-0.4, -0.2) is 40.7 Å². The first-order valence-electron chi connectivity index (χ1n) is 5.89. The number of nitrogens with one attached hydrogen (secondary N) is 1. The van der Waals surface area contributed by atoms with Crippen molar-refractivity contribution in [2.45, 2.75) is 11.3 Å². The zero-order chi connectivity index (χ0) is 15.9. The lowest BCUT2D eigenvalue weighted by Crippen LogP contribution is -2.27. The Morgan fingerprint density at radius 2 is 1.95 bits per heavy atom. The van der Waals surface area contributed by atoms with E-state index < -0.39 is 20.0 Å². The summed E-state index contributed by atoms with van der Waals surface area (Å²) in [6.07, 6.45) is 2.68. The summed E-state index contributed by atoms with van der Waals surface area (Å²) in [6, 6.07) is 1.36. The fraction of sp³-hybridized carbons (Fsp3) is 0.364. The van der Waals surface area contributed by atoms with Crippen LogP contribution in [0, 0.1) is 11.8 Å². The van der Waals surface area contributed by atoms with Crippen LogP contribution in [0.5, 0.6) is 0 Å². The summed E-state index contributed by atoms with van der Waals surface area (Å²) in [5, 5.41) is 4.82. The molecule has 0 unspecified atom stereocenters. The van der Waals surface area contributed by atoms with Crippen molar-refractivity contribution in [2.24, 2.45) is 10.9 Å². The number of nitrogens with zero attached hydrogens (tertiary/aromatic N) is 1. The van der Waals surface area contributed by atoms with Crippen LogP contribution in [0.25, 0.3) is 0 Å². The molecule has 0 atom stereocenters. The van der Waals surface area contributed by atoms with E-state index in [1.54, 1.807) is 0 Å². The number of primary sulfonamides is 1. The summed E-state index contributed by atoms with van der Waals surface area (Å²) < 4.78 is 47.7. The number of pyridine rings is 1. The molecular formula is C11H16N4O4S2. The van der Waals surface area contributed by atoms with Gasteiger partial charge in [-0.25, -0.2) is 26.7 Å². The Hall–Kier alpha value is -1.51. The Balaban J connectivity index is 2.74. The zero-order valence-electron chi connectivity index (χ0n) is 11.1. The van der Waals surface area contributed by atoms with Gasteiger partial charge in [0.2, 0.25) is 20.0 Å². The number of sulfonamides is 2. The Morgan fingerprint density at radius 3 is 2.57 bits per heavy atom. The molecule has 0 amide bonds. The minimum Gasteiger partial charge on any atom is -0.320 e. The second-order valence-corrected chi connectivity index (χ2v) is 7.53. The van der Waals surface area contributed by atoms with Crippen LogP contribution >= 0.6 is 0 Å². The van der Waals surface area contributed by atoms with Crippen molar-refractivity contribution in [1.29, 1.82) is 0 Å². The van der Waals surface area contributed by atoms with Crippen LogP contribution in [0.15, 0.2) is 23.4 Å². The van der Waals surface area contributed by atoms with E-state index in [1.165, 1.54) is 18.5 Å². The molecule has 8 nitrogen and oxygen atoms in total. The molecular weight excluding hydrogens is 316 g/mol. The number of rotatable bonds is 6. The van der Waals surface area contributed by atoms with Gasteiger partial charge in [0.1, 0.15) is 4.90 Å². The summed E-state index contributed by atoms with van der Waals surface area (Å²) in [4.78, 5) is 3.74. The van der Waals surface area contributed by atoms with Gasteiger partial charge in [-0.2, -0.15) is 0 Å². The first kappa shape index (κ1) is 17.5. The van der Waals surface area contributed by atoms with Crippen molar-refractivity contribution in [1.82, 2.24) is 9.71 Å². The SMILES string of the molecule is NCC#Cc1cncc(S(=O)(=O)NCCCS(N)(=O)=O)c1. The lowest BCUT2D eigenvalue weighted by molar-refractivity contribution is 0.576. The molecule has 0 bridgehead atoms. The topological polar surface area (TPSA) is 145 Å². The number of nitrogens with two attached hydrogens (primary N) is 2. The minimum absolute atomic E-state index is 0.0442. The number of aromatic nitrogens is 1. The van der Waals surface area contributed by atoms with E-state index in [-0.39, 0.29) is 30.2 Å². The second-order valence-electron chi connectivity index (χ2n) is 4.03. The Morgan fingerprint density at radius 1 is 1.24 bits per heavy atom. The lowest BCUT2D eigenvalue weighted by atomic mass is 10.3. The molecule has 0 saturated carbocycles. The van der Waals surface area contributed by atoms with Gasteiger partial charge in [-0.1, -0.05) is 11.8 Å². The van der Waals surface area contributed by atoms with Crippen LogP contribution in [0.4, 0.5) is 0 Å². The molecule has 0 aliphatic heterocycles. The van der Waals surface area contributed by atoms with Gasteiger partial charge in [0, 0.05) is 24.5 Å². The quantitative estimate of drug-likeness (QED) is 0.420. The lowest BCUT2D eigenvalue weighted by Gasteiger charge is -2.06. The van der Waals surface area contributed by atoms with Crippen molar-refractivity contribution >= 4 is 20.0 Å². The molecule has 0 aromatic carbocycles. The van der Waals surface area contributed by atoms with Crippen molar-refractivity contribution in [3.63, 3.8) is 0 Å². The van der Waals surface area contributed by atoms with E-state index in [0.29, 0.717) is 5.56 Å². The fourth-order valence-corrected chi connectivity index (χ4v) is 2.96. The summed E-state index contributed by atoms with van der Waals surface area (Å²) >= 11 is 0. The highest BCUT2D eigenvalue weighted by Crippen LogP contribution is 2.08. The van der Waals surface area contributed by atoms with Crippen molar-refractivity contribution in [3.8, 4) is 11.8 Å². The standard InChI is InChI=1S/C11H16N4O4S2/c12-4-1-3-10-7-11(9-14-8-10)21(18,19)15-5-2-6-20(13,16)17/h7-9,15H,2,4-6,12H2,(H2,13,16,17). The summed E-state index contributed by atoms with van der Waals surface area (Å²) in [6.45, 7) is 0.111. The Bertz CT molecular complexity index is 748. The highest BCUT2D eigenvalue weighted by atomic mass is 32.2. The van der Waals surface area contributed by atoms with Gasteiger partial charge < -0.3 is 5.73 Å². The highest BCUT2D eigenvalue weighted by Gasteiger charge is 2.14. The predicted octanol–water partition coefficient (Wildman–Crippen LogP) is -1.65. The maximum atomic E-state index is 12.0. The Kier molecular flexibility index (Phi) is 6.25. The Labute approximate surface area is 124 Å². The van der Waals surface area contributed by atoms with Gasteiger partial charge in [-0.15, -0.1) is 0 Å². The number of hydrogen-bond acceptors (Lipinski definition) is 6. The smallest absolute Gasteiger partial charge is 0.242 e. The molecule has 0 spiro atoms. The largest absolute Gasteiger partial charge is 0.320 e. The molecule has 1 rings (SSSR count). The van der Waals surface area contributed by atoms with Crippen molar-refractivity contribution in [2.75, 3.05) is 18.8 Å². The second kappa shape index (κ2) is 7.48. The molecule has 0 aliphatic rings. The van der Waals surface area contributed by atoms with Crippen LogP contribution in [0.2, 0.25) is 0 Å². The van der Waals surface area contributed by atoms with Gasteiger partial charge in [-0.3, -0.25) is 4.98 Å². The normalized spacial score (nSPS) is 11.7. The van der Waals surface area contributed by atoms with Crippen LogP contribution < -0.4 is 15.6 Å². The fourth-order valence-electron chi connectivity index (χ4n) is 1.35.